The maximum Gasteiger partial charge on any atom is 0.275 e. The Morgan fingerprint density at radius 1 is 1.37 bits per heavy atom. The smallest absolute Gasteiger partial charge is 0.275 e. The molecule has 1 aromatic carbocycles. The molecule has 1 amide bonds. The van der Waals surface area contributed by atoms with E-state index in [-0.39, 0.29) is 23.9 Å². The number of carbonyl (C=O) groups excluding carboxylic acids is 1. The molecule has 2 aromatic heterocycles. The van der Waals surface area contributed by atoms with E-state index in [9.17, 15) is 10.1 Å². The van der Waals surface area contributed by atoms with E-state index < -0.39 is 0 Å². The summed E-state index contributed by atoms with van der Waals surface area (Å²) in [5.41, 5.74) is 3.59. The predicted octanol–water partition coefficient (Wildman–Crippen LogP) is 4.69. The quantitative estimate of drug-likeness (QED) is 0.452. The number of carbonyl (C=O) groups is 1. The van der Waals surface area contributed by atoms with Gasteiger partial charge in [-0.3, -0.25) is 4.79 Å². The monoisotopic (exact) mass is 553 g/mol. The summed E-state index contributed by atoms with van der Waals surface area (Å²) in [4.78, 5) is 20.2. The first-order valence-corrected chi connectivity index (χ1v) is 13.5. The van der Waals surface area contributed by atoms with Gasteiger partial charge in [-0.25, -0.2) is 4.98 Å². The van der Waals surface area contributed by atoms with E-state index in [1.807, 2.05) is 19.2 Å². The van der Waals surface area contributed by atoms with E-state index in [1.165, 1.54) is 11.3 Å². The Bertz CT molecular complexity index is 1340. The largest absolute Gasteiger partial charge is 0.486 e. The third kappa shape index (κ3) is 5.75. The number of hydrogen-bond donors (Lipinski definition) is 2. The fraction of sp³-hybridized carbons (Fsp3) is 0.444. The van der Waals surface area contributed by atoms with Gasteiger partial charge >= 0.3 is 0 Å². The predicted molar refractivity (Wildman–Crippen MR) is 151 cm³/mol. The highest BCUT2D eigenvalue weighted by Crippen LogP contribution is 2.45. The zero-order valence-electron chi connectivity index (χ0n) is 21.8. The number of rotatable bonds is 6. The van der Waals surface area contributed by atoms with Gasteiger partial charge in [0.05, 0.1) is 23.8 Å². The van der Waals surface area contributed by atoms with Crippen molar-refractivity contribution >= 4 is 41.0 Å². The molecule has 0 aliphatic carbocycles. The van der Waals surface area contributed by atoms with Crippen LogP contribution in [0.3, 0.4) is 0 Å². The molecule has 1 saturated heterocycles. The van der Waals surface area contributed by atoms with E-state index >= 15 is 0 Å². The number of anilines is 2. The Labute approximate surface area is 233 Å². The van der Waals surface area contributed by atoms with Crippen LogP contribution >= 0.6 is 23.7 Å². The molecular weight excluding hydrogens is 522 g/mol. The molecule has 0 bridgehead atoms. The van der Waals surface area contributed by atoms with Gasteiger partial charge in [0, 0.05) is 24.0 Å². The SMILES string of the molecule is CNC[C@@H]1CCCN(c2c(NC(=O)c3csc(-c4ccnnc4)n3)cc3c(c2C#N)OC(C)(C)CC3)C1.Cl. The number of piperidine rings is 1. The molecule has 2 aliphatic heterocycles. The fourth-order valence-electron chi connectivity index (χ4n) is 5.14. The molecule has 2 aliphatic rings. The molecule has 9 nitrogen and oxygen atoms in total. The second-order valence-electron chi connectivity index (χ2n) is 10.2. The normalized spacial score (nSPS) is 17.9. The van der Waals surface area contributed by atoms with E-state index in [0.29, 0.717) is 33.6 Å². The van der Waals surface area contributed by atoms with E-state index in [2.05, 4.69) is 50.6 Å². The topological polar surface area (TPSA) is 116 Å². The first kappa shape index (κ1) is 27.8. The third-order valence-corrected chi connectivity index (χ3v) is 7.85. The third-order valence-electron chi connectivity index (χ3n) is 6.96. The van der Waals surface area contributed by atoms with Crippen LogP contribution in [0.4, 0.5) is 11.4 Å². The van der Waals surface area contributed by atoms with Crippen LogP contribution in [0.25, 0.3) is 10.6 Å². The van der Waals surface area contributed by atoms with Crippen molar-refractivity contribution in [3.8, 4) is 22.4 Å². The second kappa shape index (κ2) is 11.6. The number of hydrogen-bond acceptors (Lipinski definition) is 9. The first-order valence-electron chi connectivity index (χ1n) is 12.6. The van der Waals surface area contributed by atoms with Crippen molar-refractivity contribution in [3.05, 3.63) is 46.7 Å². The van der Waals surface area contributed by atoms with Crippen LogP contribution in [0.5, 0.6) is 5.75 Å². The number of ether oxygens (including phenoxy) is 1. The van der Waals surface area contributed by atoms with Crippen LogP contribution < -0.4 is 20.3 Å². The Kier molecular flexibility index (Phi) is 8.51. The van der Waals surface area contributed by atoms with Gasteiger partial charge in [-0.15, -0.1) is 23.7 Å². The summed E-state index contributed by atoms with van der Waals surface area (Å²) in [6.07, 6.45) is 6.98. The molecule has 11 heteroatoms. The van der Waals surface area contributed by atoms with Crippen LogP contribution in [0.1, 0.15) is 54.7 Å². The summed E-state index contributed by atoms with van der Waals surface area (Å²) in [6.45, 7) is 6.62. The maximum atomic E-state index is 13.4. The Hall–Kier alpha value is -3.26. The van der Waals surface area contributed by atoms with Gasteiger partial charge in [0.25, 0.3) is 5.91 Å². The molecule has 2 N–H and O–H groups in total. The van der Waals surface area contributed by atoms with Crippen LogP contribution in [0.15, 0.2) is 29.9 Å². The number of nitriles is 1. The number of aromatic nitrogens is 3. The Balaban J connectivity index is 0.00000336. The number of fused-ring (bicyclic) bond motifs is 1. The van der Waals surface area contributed by atoms with Gasteiger partial charge in [-0.1, -0.05) is 0 Å². The molecule has 5 rings (SSSR count). The van der Waals surface area contributed by atoms with E-state index in [4.69, 9.17) is 4.74 Å². The molecule has 4 heterocycles. The summed E-state index contributed by atoms with van der Waals surface area (Å²) >= 11 is 1.38. The maximum absolute atomic E-state index is 13.4. The number of halogens is 1. The molecule has 1 atom stereocenters. The molecule has 38 heavy (non-hydrogen) atoms. The van der Waals surface area contributed by atoms with Crippen molar-refractivity contribution in [3.63, 3.8) is 0 Å². The van der Waals surface area contributed by atoms with Gasteiger partial charge in [0.15, 0.2) is 0 Å². The first-order chi connectivity index (χ1) is 17.9. The van der Waals surface area contributed by atoms with Crippen LogP contribution in [-0.4, -0.2) is 53.4 Å². The van der Waals surface area contributed by atoms with Crippen LogP contribution in [0, 0.1) is 17.2 Å². The summed E-state index contributed by atoms with van der Waals surface area (Å²) in [7, 11) is 1.96. The molecule has 0 unspecified atom stereocenters. The van der Waals surface area contributed by atoms with Crippen molar-refractivity contribution in [2.75, 3.05) is 36.9 Å². The molecule has 0 saturated carbocycles. The summed E-state index contributed by atoms with van der Waals surface area (Å²) in [5, 5.41) is 26.9. The van der Waals surface area contributed by atoms with E-state index in [1.54, 1.807) is 17.8 Å². The highest BCUT2D eigenvalue weighted by atomic mass is 35.5. The van der Waals surface area contributed by atoms with Gasteiger partial charge in [0.2, 0.25) is 0 Å². The number of nitrogens with one attached hydrogen (secondary N) is 2. The van der Waals surface area contributed by atoms with Crippen molar-refractivity contribution < 1.29 is 9.53 Å². The molecular formula is C27H32ClN7O2S. The molecule has 200 valence electrons. The lowest BCUT2D eigenvalue weighted by molar-refractivity contribution is 0.0843. The molecule has 0 radical (unpaired) electrons. The van der Waals surface area contributed by atoms with Gasteiger partial charge in [-0.2, -0.15) is 15.5 Å². The summed E-state index contributed by atoms with van der Waals surface area (Å²) in [6, 6.07) is 6.22. The summed E-state index contributed by atoms with van der Waals surface area (Å²) < 4.78 is 6.35. The van der Waals surface area contributed by atoms with Gasteiger partial charge in [0.1, 0.15) is 33.7 Å². The molecule has 0 spiro atoms. The minimum absolute atomic E-state index is 0. The summed E-state index contributed by atoms with van der Waals surface area (Å²) in [5.74, 6) is 0.788. The fourth-order valence-corrected chi connectivity index (χ4v) is 5.93. The number of aryl methyl sites for hydroxylation is 1. The minimum Gasteiger partial charge on any atom is -0.486 e. The van der Waals surface area contributed by atoms with Gasteiger partial charge in [-0.05, 0) is 76.7 Å². The highest BCUT2D eigenvalue weighted by Gasteiger charge is 2.34. The number of thiazole rings is 1. The lowest BCUT2D eigenvalue weighted by Gasteiger charge is -2.39. The highest BCUT2D eigenvalue weighted by molar-refractivity contribution is 7.13. The van der Waals surface area contributed by atoms with Crippen LogP contribution in [-0.2, 0) is 6.42 Å². The Morgan fingerprint density at radius 2 is 2.21 bits per heavy atom. The van der Waals surface area contributed by atoms with Crippen molar-refractivity contribution in [2.45, 2.75) is 45.1 Å². The van der Waals surface area contributed by atoms with Crippen molar-refractivity contribution in [1.29, 1.82) is 5.26 Å². The molecule has 1 fully saturated rings. The molecule has 3 aromatic rings. The average molecular weight is 554 g/mol. The standard InChI is InChI=1S/C27H31N7O2S.ClH/c1-27(2)8-6-18-11-21(32-25(35)22-16-37-26(33-22)19-7-9-30-31-14-19)23(20(12-28)24(18)36-27)34-10-4-5-17(15-34)13-29-3;/h7,9,11,14,16-17,29H,4-6,8,10,13,15H2,1-3H3,(H,32,35);1H/t17-;/m0./s1. The second-order valence-corrected chi connectivity index (χ2v) is 11.1. The lowest BCUT2D eigenvalue weighted by atomic mass is 9.90. The van der Waals surface area contributed by atoms with Crippen molar-refractivity contribution in [1.82, 2.24) is 20.5 Å². The lowest BCUT2D eigenvalue weighted by Crippen LogP contribution is -2.40. The zero-order valence-corrected chi connectivity index (χ0v) is 23.4. The Morgan fingerprint density at radius 3 is 2.95 bits per heavy atom. The number of benzene rings is 1. The van der Waals surface area contributed by atoms with Crippen LogP contribution in [0.2, 0.25) is 0 Å². The van der Waals surface area contributed by atoms with Crippen molar-refractivity contribution in [2.24, 2.45) is 5.92 Å². The van der Waals surface area contributed by atoms with E-state index in [0.717, 1.165) is 62.1 Å². The number of amides is 1. The minimum atomic E-state index is -0.351. The number of nitrogens with zero attached hydrogens (tertiary/aromatic N) is 5. The zero-order chi connectivity index (χ0) is 26.0. The average Bonchev–Trinajstić information content (AvgIpc) is 3.39. The van der Waals surface area contributed by atoms with Gasteiger partial charge < -0.3 is 20.3 Å².